The van der Waals surface area contributed by atoms with Gasteiger partial charge >= 0.3 is 5.97 Å². The van der Waals surface area contributed by atoms with Crippen LogP contribution in [0.4, 0.5) is 4.39 Å². The van der Waals surface area contributed by atoms with Crippen LogP contribution in [-0.2, 0) is 9.53 Å². The van der Waals surface area contributed by atoms with Gasteiger partial charge in [-0.15, -0.1) is 12.4 Å². The molecule has 102 valence electrons. The van der Waals surface area contributed by atoms with E-state index in [1.165, 1.54) is 13.2 Å². The van der Waals surface area contributed by atoms with Gasteiger partial charge < -0.3 is 10.5 Å². The number of ether oxygens (including phenoxy) is 1. The number of nitrogens with two attached hydrogens (primary N) is 1. The monoisotopic (exact) mass is 339 g/mol. The van der Waals surface area contributed by atoms with Crippen LogP contribution in [0.1, 0.15) is 25.5 Å². The molecule has 0 saturated carbocycles. The van der Waals surface area contributed by atoms with E-state index in [1.807, 2.05) is 0 Å². The summed E-state index contributed by atoms with van der Waals surface area (Å²) >= 11 is 3.25. The Morgan fingerprint density at radius 3 is 2.56 bits per heavy atom. The van der Waals surface area contributed by atoms with Crippen LogP contribution in [0.3, 0.4) is 0 Å². The second-order valence-corrected chi connectivity index (χ2v) is 5.27. The Balaban J connectivity index is 0.00000289. The molecule has 1 atom stereocenters. The SMILES string of the molecule is COC(=O)C(C)(C)[C@H](N)c1cc(Br)ccc1F.Cl. The predicted molar refractivity (Wildman–Crippen MR) is 74.1 cm³/mol. The Morgan fingerprint density at radius 1 is 1.50 bits per heavy atom. The highest BCUT2D eigenvalue weighted by molar-refractivity contribution is 9.10. The van der Waals surface area contributed by atoms with E-state index in [-0.39, 0.29) is 18.0 Å². The van der Waals surface area contributed by atoms with Gasteiger partial charge in [0.25, 0.3) is 0 Å². The molecule has 0 heterocycles. The largest absolute Gasteiger partial charge is 0.469 e. The maximum absolute atomic E-state index is 13.7. The zero-order chi connectivity index (χ0) is 13.2. The van der Waals surface area contributed by atoms with Crippen LogP contribution in [0.25, 0.3) is 0 Å². The normalized spacial score (nSPS) is 12.6. The van der Waals surface area contributed by atoms with Crippen LogP contribution >= 0.6 is 28.3 Å². The van der Waals surface area contributed by atoms with Gasteiger partial charge in [0, 0.05) is 16.1 Å². The Morgan fingerprint density at radius 2 is 2.06 bits per heavy atom. The highest BCUT2D eigenvalue weighted by Gasteiger charge is 2.37. The molecule has 0 fully saturated rings. The van der Waals surface area contributed by atoms with Crippen LogP contribution < -0.4 is 5.73 Å². The van der Waals surface area contributed by atoms with Gasteiger partial charge in [-0.25, -0.2) is 4.39 Å². The predicted octanol–water partition coefficient (Wildman–Crippen LogP) is 3.21. The quantitative estimate of drug-likeness (QED) is 0.860. The number of benzene rings is 1. The molecule has 1 aromatic carbocycles. The molecule has 3 nitrogen and oxygen atoms in total. The van der Waals surface area contributed by atoms with Gasteiger partial charge in [-0.3, -0.25) is 4.79 Å². The fraction of sp³-hybridized carbons (Fsp3) is 0.417. The van der Waals surface area contributed by atoms with Crippen molar-refractivity contribution in [1.29, 1.82) is 0 Å². The average Bonchev–Trinajstić information content (AvgIpc) is 2.30. The molecule has 6 heteroatoms. The lowest BCUT2D eigenvalue weighted by Crippen LogP contribution is -2.37. The fourth-order valence-electron chi connectivity index (χ4n) is 1.53. The van der Waals surface area contributed by atoms with Gasteiger partial charge in [0.2, 0.25) is 0 Å². The molecular weight excluding hydrogens is 324 g/mol. The van der Waals surface area contributed by atoms with Gasteiger partial charge in [0.05, 0.1) is 12.5 Å². The molecule has 0 amide bonds. The number of rotatable bonds is 3. The zero-order valence-electron chi connectivity index (χ0n) is 10.4. The number of hydrogen-bond acceptors (Lipinski definition) is 3. The average molecular weight is 341 g/mol. The summed E-state index contributed by atoms with van der Waals surface area (Å²) in [6.45, 7) is 3.26. The lowest BCUT2D eigenvalue weighted by molar-refractivity contribution is -0.152. The molecule has 2 N–H and O–H groups in total. The van der Waals surface area contributed by atoms with Gasteiger partial charge in [-0.1, -0.05) is 15.9 Å². The van der Waals surface area contributed by atoms with Crippen molar-refractivity contribution in [2.24, 2.45) is 11.1 Å². The van der Waals surface area contributed by atoms with Crippen LogP contribution in [-0.4, -0.2) is 13.1 Å². The molecule has 1 aromatic rings. The molecule has 0 bridgehead atoms. The van der Waals surface area contributed by atoms with Crippen LogP contribution in [0.2, 0.25) is 0 Å². The maximum Gasteiger partial charge on any atom is 0.313 e. The van der Waals surface area contributed by atoms with E-state index in [0.29, 0.717) is 4.47 Å². The van der Waals surface area contributed by atoms with E-state index < -0.39 is 23.2 Å². The van der Waals surface area contributed by atoms with Gasteiger partial charge in [0.1, 0.15) is 5.82 Å². The van der Waals surface area contributed by atoms with Crippen molar-refractivity contribution in [3.05, 3.63) is 34.1 Å². The molecule has 0 aliphatic heterocycles. The zero-order valence-corrected chi connectivity index (χ0v) is 12.8. The summed E-state index contributed by atoms with van der Waals surface area (Å²) < 4.78 is 19.1. The molecule has 0 aliphatic rings. The van der Waals surface area contributed by atoms with E-state index >= 15 is 0 Å². The minimum absolute atomic E-state index is 0. The fourth-order valence-corrected chi connectivity index (χ4v) is 1.91. The summed E-state index contributed by atoms with van der Waals surface area (Å²) in [6, 6.07) is 3.70. The third-order valence-corrected chi connectivity index (χ3v) is 3.28. The smallest absolute Gasteiger partial charge is 0.313 e. The second-order valence-electron chi connectivity index (χ2n) is 4.36. The Labute approximate surface area is 120 Å². The third kappa shape index (κ3) is 3.43. The van der Waals surface area contributed by atoms with E-state index in [0.717, 1.165) is 0 Å². The molecular formula is C12H16BrClFNO2. The first kappa shape index (κ1) is 17.4. The third-order valence-electron chi connectivity index (χ3n) is 2.78. The van der Waals surface area contributed by atoms with Crippen LogP contribution in [0, 0.1) is 11.2 Å². The summed E-state index contributed by atoms with van der Waals surface area (Å²) in [7, 11) is 1.29. The van der Waals surface area contributed by atoms with Crippen molar-refractivity contribution in [1.82, 2.24) is 0 Å². The lowest BCUT2D eigenvalue weighted by atomic mass is 9.81. The lowest BCUT2D eigenvalue weighted by Gasteiger charge is -2.29. The molecule has 0 aromatic heterocycles. The molecule has 0 radical (unpaired) electrons. The van der Waals surface area contributed by atoms with Crippen molar-refractivity contribution in [2.45, 2.75) is 19.9 Å². The summed E-state index contributed by atoms with van der Waals surface area (Å²) in [4.78, 5) is 11.6. The highest BCUT2D eigenvalue weighted by Crippen LogP contribution is 2.34. The number of esters is 1. The first-order valence-corrected chi connectivity index (χ1v) is 5.89. The second kappa shape index (κ2) is 6.50. The summed E-state index contributed by atoms with van der Waals surface area (Å²) in [6.07, 6.45) is 0. The minimum atomic E-state index is -0.990. The number of carbonyl (C=O) groups excluding carboxylic acids is 1. The molecule has 0 spiro atoms. The minimum Gasteiger partial charge on any atom is -0.469 e. The molecule has 0 aliphatic carbocycles. The summed E-state index contributed by atoms with van der Waals surface area (Å²) in [5.74, 6) is -0.901. The van der Waals surface area contributed by atoms with Crippen LogP contribution in [0.5, 0.6) is 0 Å². The number of methoxy groups -OCH3 is 1. The number of hydrogen-bond donors (Lipinski definition) is 1. The van der Waals surface area contributed by atoms with E-state index in [2.05, 4.69) is 20.7 Å². The Bertz CT molecular complexity index is 440. The molecule has 18 heavy (non-hydrogen) atoms. The van der Waals surface area contributed by atoms with Crippen molar-refractivity contribution in [2.75, 3.05) is 7.11 Å². The van der Waals surface area contributed by atoms with Crippen molar-refractivity contribution in [3.8, 4) is 0 Å². The first-order chi connectivity index (χ1) is 7.80. The van der Waals surface area contributed by atoms with Crippen molar-refractivity contribution >= 4 is 34.3 Å². The topological polar surface area (TPSA) is 52.3 Å². The van der Waals surface area contributed by atoms with Crippen LogP contribution in [0.15, 0.2) is 22.7 Å². The van der Waals surface area contributed by atoms with Crippen molar-refractivity contribution in [3.63, 3.8) is 0 Å². The first-order valence-electron chi connectivity index (χ1n) is 5.09. The highest BCUT2D eigenvalue weighted by atomic mass is 79.9. The maximum atomic E-state index is 13.7. The molecule has 0 unspecified atom stereocenters. The number of halogens is 3. The molecule has 1 rings (SSSR count). The number of carbonyl (C=O) groups is 1. The van der Waals surface area contributed by atoms with Gasteiger partial charge in [-0.05, 0) is 32.0 Å². The van der Waals surface area contributed by atoms with Gasteiger partial charge in [-0.2, -0.15) is 0 Å². The summed E-state index contributed by atoms with van der Waals surface area (Å²) in [5, 5.41) is 0. The van der Waals surface area contributed by atoms with E-state index in [1.54, 1.807) is 26.0 Å². The van der Waals surface area contributed by atoms with Crippen molar-refractivity contribution < 1.29 is 13.9 Å². The summed E-state index contributed by atoms with van der Waals surface area (Å²) in [5.41, 5.74) is 5.25. The standard InChI is InChI=1S/C12H15BrFNO2.ClH/c1-12(2,11(16)17-3)10(15)8-6-7(13)4-5-9(8)14;/h4-6,10H,15H2,1-3H3;1H/t10-;/m1./s1. The van der Waals surface area contributed by atoms with Gasteiger partial charge in [0.15, 0.2) is 0 Å². The Kier molecular flexibility index (Phi) is 6.26. The van der Waals surface area contributed by atoms with E-state index in [4.69, 9.17) is 5.73 Å². The Hall–Kier alpha value is -0.650. The van der Waals surface area contributed by atoms with E-state index in [9.17, 15) is 9.18 Å². The molecule has 0 saturated heterocycles.